The maximum Gasteiger partial charge on any atom is 0.0848 e. The molecule has 1 saturated heterocycles. The largest absolute Gasteiger partial charge is 0.373 e. The minimum Gasteiger partial charge on any atom is -0.373 e. The molecule has 1 aromatic carbocycles. The number of hydrogen-bond acceptors (Lipinski definition) is 2. The zero-order valence-electron chi connectivity index (χ0n) is 13.2. The van der Waals surface area contributed by atoms with E-state index in [0.717, 1.165) is 32.4 Å². The van der Waals surface area contributed by atoms with Gasteiger partial charge in [-0.2, -0.15) is 0 Å². The van der Waals surface area contributed by atoms with E-state index in [4.69, 9.17) is 4.74 Å². The second kappa shape index (κ2) is 7.24. The highest BCUT2D eigenvalue weighted by Crippen LogP contribution is 2.36. The number of rotatable bonds is 6. The molecule has 0 aromatic heterocycles. The van der Waals surface area contributed by atoms with Crippen LogP contribution in [0.2, 0.25) is 0 Å². The molecule has 0 saturated carbocycles. The van der Waals surface area contributed by atoms with E-state index in [1.165, 1.54) is 24.0 Å². The van der Waals surface area contributed by atoms with Crippen LogP contribution in [0.1, 0.15) is 63.6 Å². The number of hydrogen-bond donors (Lipinski definition) is 1. The Morgan fingerprint density at radius 2 is 1.95 bits per heavy atom. The summed E-state index contributed by atoms with van der Waals surface area (Å²) in [5.74, 6) is 0. The van der Waals surface area contributed by atoms with E-state index in [1.54, 1.807) is 0 Å². The van der Waals surface area contributed by atoms with Gasteiger partial charge in [0.2, 0.25) is 0 Å². The molecule has 20 heavy (non-hydrogen) atoms. The number of nitrogens with one attached hydrogen (secondary N) is 1. The standard InChI is InChI=1S/C18H29NO/c1-4-13-19-17(18(3)12-6-7-14-20-18)16-10-8-15(5-2)9-11-16/h8-11,17,19H,4-7,12-14H2,1-3H3. The van der Waals surface area contributed by atoms with E-state index in [1.807, 2.05) is 0 Å². The van der Waals surface area contributed by atoms with Crippen LogP contribution < -0.4 is 5.32 Å². The van der Waals surface area contributed by atoms with Crippen LogP contribution in [-0.2, 0) is 11.2 Å². The quantitative estimate of drug-likeness (QED) is 0.838. The molecule has 2 heteroatoms. The lowest BCUT2D eigenvalue weighted by atomic mass is 9.83. The monoisotopic (exact) mass is 275 g/mol. The topological polar surface area (TPSA) is 21.3 Å². The van der Waals surface area contributed by atoms with Crippen molar-refractivity contribution in [3.05, 3.63) is 35.4 Å². The van der Waals surface area contributed by atoms with Crippen LogP contribution in [0.4, 0.5) is 0 Å². The summed E-state index contributed by atoms with van der Waals surface area (Å²) in [5.41, 5.74) is 2.69. The van der Waals surface area contributed by atoms with Crippen molar-refractivity contribution in [1.82, 2.24) is 5.32 Å². The number of aryl methyl sites for hydroxylation is 1. The Bertz CT molecular complexity index is 392. The van der Waals surface area contributed by atoms with Gasteiger partial charge in [0, 0.05) is 6.61 Å². The van der Waals surface area contributed by atoms with E-state index in [9.17, 15) is 0 Å². The average molecular weight is 275 g/mol. The molecule has 2 atom stereocenters. The third kappa shape index (κ3) is 3.62. The molecule has 0 spiro atoms. The molecule has 2 nitrogen and oxygen atoms in total. The highest BCUT2D eigenvalue weighted by Gasteiger charge is 2.37. The molecule has 2 rings (SSSR count). The van der Waals surface area contributed by atoms with Crippen LogP contribution >= 0.6 is 0 Å². The second-order valence-corrected chi connectivity index (χ2v) is 6.10. The smallest absolute Gasteiger partial charge is 0.0848 e. The average Bonchev–Trinajstić information content (AvgIpc) is 2.49. The molecule has 1 aromatic rings. The molecule has 1 aliphatic heterocycles. The summed E-state index contributed by atoms with van der Waals surface area (Å²) in [6.45, 7) is 8.63. The van der Waals surface area contributed by atoms with Gasteiger partial charge in [-0.05, 0) is 56.7 Å². The van der Waals surface area contributed by atoms with Crippen molar-refractivity contribution < 1.29 is 4.74 Å². The van der Waals surface area contributed by atoms with Gasteiger partial charge in [0.25, 0.3) is 0 Å². The van der Waals surface area contributed by atoms with Crippen molar-refractivity contribution >= 4 is 0 Å². The lowest BCUT2D eigenvalue weighted by Gasteiger charge is -2.41. The van der Waals surface area contributed by atoms with Crippen molar-refractivity contribution in [3.8, 4) is 0 Å². The minimum absolute atomic E-state index is 0.0683. The van der Waals surface area contributed by atoms with E-state index in [-0.39, 0.29) is 5.60 Å². The maximum absolute atomic E-state index is 6.17. The van der Waals surface area contributed by atoms with Crippen LogP contribution in [0, 0.1) is 0 Å². The SMILES string of the molecule is CCCNC(c1ccc(CC)cc1)C1(C)CCCCO1. The van der Waals surface area contributed by atoms with Gasteiger partial charge in [-0.15, -0.1) is 0 Å². The molecule has 1 fully saturated rings. The Kier molecular flexibility index (Phi) is 5.62. The van der Waals surface area contributed by atoms with Crippen LogP contribution in [-0.4, -0.2) is 18.8 Å². The molecular formula is C18H29NO. The van der Waals surface area contributed by atoms with Crippen molar-refractivity contribution in [2.45, 2.75) is 64.5 Å². The summed E-state index contributed by atoms with van der Waals surface area (Å²) < 4.78 is 6.17. The van der Waals surface area contributed by atoms with E-state index in [2.05, 4.69) is 50.4 Å². The van der Waals surface area contributed by atoms with E-state index >= 15 is 0 Å². The van der Waals surface area contributed by atoms with Crippen LogP contribution in [0.25, 0.3) is 0 Å². The van der Waals surface area contributed by atoms with E-state index in [0.29, 0.717) is 6.04 Å². The third-order valence-corrected chi connectivity index (χ3v) is 4.43. The predicted molar refractivity (Wildman–Crippen MR) is 85.1 cm³/mol. The fourth-order valence-electron chi connectivity index (χ4n) is 3.10. The molecular weight excluding hydrogens is 246 g/mol. The Morgan fingerprint density at radius 1 is 1.20 bits per heavy atom. The molecule has 0 amide bonds. The van der Waals surface area contributed by atoms with E-state index < -0.39 is 0 Å². The van der Waals surface area contributed by atoms with Crippen LogP contribution in [0.5, 0.6) is 0 Å². The molecule has 0 aliphatic carbocycles. The summed E-state index contributed by atoms with van der Waals surface area (Å²) in [5, 5.41) is 3.71. The van der Waals surface area contributed by atoms with Crippen molar-refractivity contribution in [3.63, 3.8) is 0 Å². The van der Waals surface area contributed by atoms with Gasteiger partial charge in [-0.25, -0.2) is 0 Å². The summed E-state index contributed by atoms with van der Waals surface area (Å²) in [6, 6.07) is 9.35. The minimum atomic E-state index is -0.0683. The van der Waals surface area contributed by atoms with Gasteiger partial charge < -0.3 is 10.1 Å². The molecule has 1 heterocycles. The van der Waals surface area contributed by atoms with Gasteiger partial charge in [0.15, 0.2) is 0 Å². The highest BCUT2D eigenvalue weighted by molar-refractivity contribution is 5.27. The second-order valence-electron chi connectivity index (χ2n) is 6.10. The summed E-state index contributed by atoms with van der Waals surface area (Å²) in [4.78, 5) is 0. The summed E-state index contributed by atoms with van der Waals surface area (Å²) >= 11 is 0. The first-order chi connectivity index (χ1) is 9.69. The zero-order valence-corrected chi connectivity index (χ0v) is 13.2. The Balaban J connectivity index is 2.20. The predicted octanol–water partition coefficient (Wildman–Crippen LogP) is 4.25. The molecule has 0 radical (unpaired) electrons. The summed E-state index contributed by atoms with van der Waals surface area (Å²) in [6.07, 6.45) is 5.86. The first-order valence-corrected chi connectivity index (χ1v) is 8.16. The Labute approximate surface area is 123 Å². The maximum atomic E-state index is 6.17. The number of benzene rings is 1. The molecule has 0 bridgehead atoms. The molecule has 2 unspecified atom stereocenters. The Morgan fingerprint density at radius 3 is 2.50 bits per heavy atom. The van der Waals surface area contributed by atoms with Gasteiger partial charge in [-0.1, -0.05) is 38.1 Å². The van der Waals surface area contributed by atoms with Gasteiger partial charge >= 0.3 is 0 Å². The number of ether oxygens (including phenoxy) is 1. The zero-order chi connectivity index (χ0) is 14.4. The van der Waals surface area contributed by atoms with Crippen molar-refractivity contribution in [2.75, 3.05) is 13.2 Å². The van der Waals surface area contributed by atoms with Crippen LogP contribution in [0.3, 0.4) is 0 Å². The lowest BCUT2D eigenvalue weighted by molar-refractivity contribution is -0.0897. The fraction of sp³-hybridized carbons (Fsp3) is 0.667. The van der Waals surface area contributed by atoms with Gasteiger partial charge in [0.1, 0.15) is 0 Å². The normalized spacial score (nSPS) is 24.6. The fourth-order valence-corrected chi connectivity index (χ4v) is 3.10. The highest BCUT2D eigenvalue weighted by atomic mass is 16.5. The lowest BCUT2D eigenvalue weighted by Crippen LogP contribution is -2.46. The van der Waals surface area contributed by atoms with Crippen LogP contribution in [0.15, 0.2) is 24.3 Å². The van der Waals surface area contributed by atoms with Crippen molar-refractivity contribution in [1.29, 1.82) is 0 Å². The summed E-state index contributed by atoms with van der Waals surface area (Å²) in [7, 11) is 0. The molecule has 1 aliphatic rings. The first kappa shape index (κ1) is 15.5. The van der Waals surface area contributed by atoms with Gasteiger partial charge in [0.05, 0.1) is 11.6 Å². The molecule has 112 valence electrons. The first-order valence-electron chi connectivity index (χ1n) is 8.16. The third-order valence-electron chi connectivity index (χ3n) is 4.43. The molecule has 1 N–H and O–H groups in total. The van der Waals surface area contributed by atoms with Gasteiger partial charge in [-0.3, -0.25) is 0 Å². The van der Waals surface area contributed by atoms with Crippen molar-refractivity contribution in [2.24, 2.45) is 0 Å². The Hall–Kier alpha value is -0.860.